The number of hydrogen-bond acceptors (Lipinski definition) is 4. The molecule has 0 saturated heterocycles. The Hall–Kier alpha value is -2.10. The van der Waals surface area contributed by atoms with Crippen LogP contribution in [0.1, 0.15) is 0 Å². The van der Waals surface area contributed by atoms with E-state index in [1.165, 1.54) is 33.5 Å². The van der Waals surface area contributed by atoms with E-state index in [9.17, 15) is 0 Å². The summed E-state index contributed by atoms with van der Waals surface area (Å²) in [6.07, 6.45) is 0. The van der Waals surface area contributed by atoms with E-state index in [0.29, 0.717) is 0 Å². The Bertz CT molecular complexity index is 614. The van der Waals surface area contributed by atoms with Crippen LogP contribution in [0.5, 0.6) is 0 Å². The predicted molar refractivity (Wildman–Crippen MR) is 101 cm³/mol. The zero-order valence-electron chi connectivity index (χ0n) is 15.1. The zero-order valence-corrected chi connectivity index (χ0v) is 15.1. The highest BCUT2D eigenvalue weighted by molar-refractivity contribution is 6.15. The molecule has 0 aliphatic rings. The number of rotatable bonds is 4. The SMILES string of the molecule is CN(C)c1c(N(C)C)c(N(C)C)c2ccccc2c1N(C)C. The van der Waals surface area contributed by atoms with Crippen LogP contribution in [0.15, 0.2) is 24.3 Å². The van der Waals surface area contributed by atoms with Crippen LogP contribution in [0.25, 0.3) is 10.8 Å². The minimum atomic E-state index is 1.25. The van der Waals surface area contributed by atoms with E-state index >= 15 is 0 Å². The quantitative estimate of drug-likeness (QED) is 0.860. The minimum absolute atomic E-state index is 1.25. The average Bonchev–Trinajstić information content (AvgIpc) is 2.43. The fourth-order valence-corrected chi connectivity index (χ4v) is 3.13. The molecule has 0 aromatic heterocycles. The Morgan fingerprint density at radius 1 is 0.455 bits per heavy atom. The molecule has 0 bridgehead atoms. The molecule has 0 spiro atoms. The van der Waals surface area contributed by atoms with Crippen molar-refractivity contribution in [3.63, 3.8) is 0 Å². The van der Waals surface area contributed by atoms with Crippen molar-refractivity contribution in [1.29, 1.82) is 0 Å². The molecule has 4 nitrogen and oxygen atoms in total. The zero-order chi connectivity index (χ0) is 16.6. The summed E-state index contributed by atoms with van der Waals surface area (Å²) in [5.74, 6) is 0. The van der Waals surface area contributed by atoms with Gasteiger partial charge in [-0.3, -0.25) is 0 Å². The maximum Gasteiger partial charge on any atom is 0.0864 e. The van der Waals surface area contributed by atoms with Crippen molar-refractivity contribution in [2.75, 3.05) is 76.0 Å². The predicted octanol–water partition coefficient (Wildman–Crippen LogP) is 3.10. The van der Waals surface area contributed by atoms with Crippen molar-refractivity contribution in [2.45, 2.75) is 0 Å². The lowest BCUT2D eigenvalue weighted by Gasteiger charge is -2.34. The van der Waals surface area contributed by atoms with Gasteiger partial charge in [-0.15, -0.1) is 0 Å². The van der Waals surface area contributed by atoms with Crippen molar-refractivity contribution >= 4 is 33.5 Å². The van der Waals surface area contributed by atoms with Crippen molar-refractivity contribution in [1.82, 2.24) is 0 Å². The summed E-state index contributed by atoms with van der Waals surface area (Å²) in [5.41, 5.74) is 5.01. The molecule has 0 saturated carbocycles. The minimum Gasteiger partial charge on any atom is -0.375 e. The average molecular weight is 300 g/mol. The van der Waals surface area contributed by atoms with E-state index in [1.54, 1.807) is 0 Å². The van der Waals surface area contributed by atoms with Gasteiger partial charge in [-0.1, -0.05) is 24.3 Å². The largest absolute Gasteiger partial charge is 0.375 e. The fourth-order valence-electron chi connectivity index (χ4n) is 3.13. The van der Waals surface area contributed by atoms with E-state index in [-0.39, 0.29) is 0 Å². The number of hydrogen-bond donors (Lipinski definition) is 0. The summed E-state index contributed by atoms with van der Waals surface area (Å²) >= 11 is 0. The van der Waals surface area contributed by atoms with E-state index in [1.807, 2.05) is 0 Å². The first-order valence-electron chi connectivity index (χ1n) is 7.55. The topological polar surface area (TPSA) is 13.0 Å². The summed E-state index contributed by atoms with van der Waals surface area (Å²) in [7, 11) is 16.9. The monoisotopic (exact) mass is 300 g/mol. The van der Waals surface area contributed by atoms with Crippen LogP contribution >= 0.6 is 0 Å². The lowest BCUT2D eigenvalue weighted by atomic mass is 10.0. The molecule has 4 heteroatoms. The summed E-state index contributed by atoms with van der Waals surface area (Å²) in [4.78, 5) is 8.85. The number of benzene rings is 2. The number of fused-ring (bicyclic) bond motifs is 1. The molecule has 120 valence electrons. The van der Waals surface area contributed by atoms with Gasteiger partial charge in [0, 0.05) is 67.2 Å². The van der Waals surface area contributed by atoms with E-state index < -0.39 is 0 Å². The number of anilines is 4. The van der Waals surface area contributed by atoms with Gasteiger partial charge in [-0.05, 0) is 0 Å². The van der Waals surface area contributed by atoms with Gasteiger partial charge in [0.15, 0.2) is 0 Å². The van der Waals surface area contributed by atoms with Crippen LogP contribution in [0.2, 0.25) is 0 Å². The molecule has 0 radical (unpaired) electrons. The third-order valence-corrected chi connectivity index (χ3v) is 3.90. The van der Waals surface area contributed by atoms with Crippen molar-refractivity contribution in [2.24, 2.45) is 0 Å². The first-order valence-corrected chi connectivity index (χ1v) is 7.55. The molecular weight excluding hydrogens is 272 g/mol. The molecule has 22 heavy (non-hydrogen) atoms. The Balaban J connectivity index is 3.10. The van der Waals surface area contributed by atoms with Crippen LogP contribution in [-0.2, 0) is 0 Å². The van der Waals surface area contributed by atoms with Crippen molar-refractivity contribution in [3.8, 4) is 0 Å². The highest BCUT2D eigenvalue weighted by atomic mass is 15.2. The van der Waals surface area contributed by atoms with Gasteiger partial charge in [0.05, 0.1) is 22.7 Å². The van der Waals surface area contributed by atoms with Crippen LogP contribution in [0, 0.1) is 0 Å². The highest BCUT2D eigenvalue weighted by Crippen LogP contribution is 2.49. The third kappa shape index (κ3) is 2.54. The molecule has 0 N–H and O–H groups in total. The van der Waals surface area contributed by atoms with Crippen LogP contribution in [-0.4, -0.2) is 56.4 Å². The second-order valence-corrected chi connectivity index (χ2v) is 6.52. The molecule has 2 aromatic carbocycles. The van der Waals surface area contributed by atoms with Crippen LogP contribution < -0.4 is 19.6 Å². The Labute approximate surface area is 134 Å². The third-order valence-electron chi connectivity index (χ3n) is 3.90. The highest BCUT2D eigenvalue weighted by Gasteiger charge is 2.24. The molecular formula is C18H28N4. The summed E-state index contributed by atoms with van der Waals surface area (Å²) in [5, 5.41) is 2.57. The fraction of sp³-hybridized carbons (Fsp3) is 0.444. The molecule has 0 atom stereocenters. The molecule has 0 aliphatic carbocycles. The van der Waals surface area contributed by atoms with Gasteiger partial charge in [0.2, 0.25) is 0 Å². The van der Waals surface area contributed by atoms with Crippen molar-refractivity contribution in [3.05, 3.63) is 24.3 Å². The summed E-state index contributed by atoms with van der Waals surface area (Å²) < 4.78 is 0. The summed E-state index contributed by atoms with van der Waals surface area (Å²) in [6.45, 7) is 0. The van der Waals surface area contributed by atoms with E-state index in [2.05, 4.69) is 100 Å². The van der Waals surface area contributed by atoms with Crippen LogP contribution in [0.3, 0.4) is 0 Å². The molecule has 2 rings (SSSR count). The molecule has 0 amide bonds. The maximum absolute atomic E-state index is 2.21. The van der Waals surface area contributed by atoms with Gasteiger partial charge in [-0.25, -0.2) is 0 Å². The maximum atomic E-state index is 2.21. The van der Waals surface area contributed by atoms with Crippen LogP contribution in [0.4, 0.5) is 22.7 Å². The first kappa shape index (κ1) is 16.3. The Morgan fingerprint density at radius 2 is 0.727 bits per heavy atom. The summed E-state index contributed by atoms with van der Waals surface area (Å²) in [6, 6.07) is 8.65. The first-order chi connectivity index (χ1) is 10.3. The molecule has 0 aliphatic heterocycles. The van der Waals surface area contributed by atoms with Crippen molar-refractivity contribution < 1.29 is 0 Å². The van der Waals surface area contributed by atoms with Gasteiger partial charge in [-0.2, -0.15) is 0 Å². The van der Waals surface area contributed by atoms with Gasteiger partial charge in [0.25, 0.3) is 0 Å². The smallest absolute Gasteiger partial charge is 0.0864 e. The second kappa shape index (κ2) is 5.95. The lowest BCUT2D eigenvalue weighted by molar-refractivity contribution is 1.04. The Morgan fingerprint density at radius 3 is 0.955 bits per heavy atom. The normalized spacial score (nSPS) is 10.7. The molecule has 2 aromatic rings. The van der Waals surface area contributed by atoms with E-state index in [4.69, 9.17) is 0 Å². The van der Waals surface area contributed by atoms with E-state index in [0.717, 1.165) is 0 Å². The molecule has 0 unspecified atom stereocenters. The molecule has 0 fully saturated rings. The van der Waals surface area contributed by atoms with Gasteiger partial charge < -0.3 is 19.6 Å². The lowest BCUT2D eigenvalue weighted by Crippen LogP contribution is -2.24. The number of nitrogens with zero attached hydrogens (tertiary/aromatic N) is 4. The standard InChI is InChI=1S/C18H28N4/c1-19(2)15-13-11-9-10-12-14(13)16(20(3)4)18(22(7)8)17(15)21(5)6/h9-12H,1-8H3. The van der Waals surface area contributed by atoms with Gasteiger partial charge >= 0.3 is 0 Å². The van der Waals surface area contributed by atoms with Gasteiger partial charge in [0.1, 0.15) is 0 Å². The molecule has 0 heterocycles. The Kier molecular flexibility index (Phi) is 4.40. The second-order valence-electron chi connectivity index (χ2n) is 6.52.